The largest absolute Gasteiger partial charge is 0.399 e. The first-order chi connectivity index (χ1) is 8.65. The van der Waals surface area contributed by atoms with E-state index in [1.807, 2.05) is 36.4 Å². The van der Waals surface area contributed by atoms with Crippen LogP contribution < -0.4 is 16.8 Å². The molecule has 2 aromatic rings. The molecule has 0 fully saturated rings. The number of carbonyl (C=O) groups is 1. The zero-order valence-corrected chi connectivity index (χ0v) is 9.89. The maximum Gasteiger partial charge on any atom is 0.248 e. The van der Waals surface area contributed by atoms with Crippen molar-refractivity contribution >= 4 is 17.3 Å². The second-order valence-corrected chi connectivity index (χ2v) is 4.04. The predicted molar refractivity (Wildman–Crippen MR) is 73.1 cm³/mol. The molecule has 0 unspecified atom stereocenters. The minimum Gasteiger partial charge on any atom is -0.399 e. The van der Waals surface area contributed by atoms with Crippen LogP contribution in [-0.2, 0) is 6.54 Å². The van der Waals surface area contributed by atoms with Gasteiger partial charge in [0.15, 0.2) is 0 Å². The van der Waals surface area contributed by atoms with Gasteiger partial charge in [-0.15, -0.1) is 0 Å². The average Bonchev–Trinajstić information content (AvgIpc) is 2.38. The maximum atomic E-state index is 10.9. The number of carbonyl (C=O) groups excluding carboxylic acids is 1. The van der Waals surface area contributed by atoms with Crippen molar-refractivity contribution in [3.8, 4) is 0 Å². The molecule has 0 aromatic heterocycles. The molecule has 1 amide bonds. The molecule has 0 atom stereocenters. The molecule has 2 aromatic carbocycles. The molecule has 0 heterocycles. The summed E-state index contributed by atoms with van der Waals surface area (Å²) in [6, 6.07) is 14.7. The normalized spacial score (nSPS) is 10.0. The van der Waals surface area contributed by atoms with Gasteiger partial charge in [-0.2, -0.15) is 0 Å². The number of anilines is 2. The summed E-state index contributed by atoms with van der Waals surface area (Å²) >= 11 is 0. The third-order valence-corrected chi connectivity index (χ3v) is 2.65. The van der Waals surface area contributed by atoms with Gasteiger partial charge in [-0.3, -0.25) is 4.79 Å². The van der Waals surface area contributed by atoms with Gasteiger partial charge in [0.05, 0.1) is 0 Å². The predicted octanol–water partition coefficient (Wildman–Crippen LogP) is 1.98. The van der Waals surface area contributed by atoms with Crippen molar-refractivity contribution in [2.45, 2.75) is 6.54 Å². The molecule has 0 saturated carbocycles. The van der Waals surface area contributed by atoms with Gasteiger partial charge in [0.25, 0.3) is 0 Å². The van der Waals surface area contributed by atoms with E-state index in [2.05, 4.69) is 5.32 Å². The van der Waals surface area contributed by atoms with Crippen molar-refractivity contribution in [1.82, 2.24) is 0 Å². The smallest absolute Gasteiger partial charge is 0.248 e. The lowest BCUT2D eigenvalue weighted by molar-refractivity contribution is 0.100. The summed E-state index contributed by atoms with van der Waals surface area (Å²) in [4.78, 5) is 10.9. The Hall–Kier alpha value is -2.49. The van der Waals surface area contributed by atoms with Crippen LogP contribution in [0.15, 0.2) is 48.5 Å². The fraction of sp³-hybridized carbons (Fsp3) is 0.0714. The topological polar surface area (TPSA) is 81.1 Å². The first-order valence-electron chi connectivity index (χ1n) is 5.63. The third-order valence-electron chi connectivity index (χ3n) is 2.65. The number of primary amides is 1. The lowest BCUT2D eigenvalue weighted by Crippen LogP contribution is -2.10. The second-order valence-electron chi connectivity index (χ2n) is 4.04. The number of hydrogen-bond acceptors (Lipinski definition) is 3. The van der Waals surface area contributed by atoms with Crippen LogP contribution in [0.1, 0.15) is 15.9 Å². The summed E-state index contributed by atoms with van der Waals surface area (Å²) in [5.41, 5.74) is 14.1. The Morgan fingerprint density at radius 1 is 1.00 bits per heavy atom. The first-order valence-corrected chi connectivity index (χ1v) is 5.63. The molecule has 0 aliphatic rings. The van der Waals surface area contributed by atoms with E-state index in [9.17, 15) is 4.79 Å². The number of nitrogens with two attached hydrogens (primary N) is 2. The summed E-state index contributed by atoms with van der Waals surface area (Å²) in [5.74, 6) is -0.417. The van der Waals surface area contributed by atoms with Crippen LogP contribution in [0, 0.1) is 0 Å². The SMILES string of the molecule is NC(=O)c1ccc(NCc2ccc(N)cc2)cc1. The first kappa shape index (κ1) is 12.0. The lowest BCUT2D eigenvalue weighted by atomic mass is 10.2. The monoisotopic (exact) mass is 241 g/mol. The zero-order chi connectivity index (χ0) is 13.0. The summed E-state index contributed by atoms with van der Waals surface area (Å²) in [7, 11) is 0. The third kappa shape index (κ3) is 3.01. The van der Waals surface area contributed by atoms with Gasteiger partial charge in [-0.25, -0.2) is 0 Å². The average molecular weight is 241 g/mol. The van der Waals surface area contributed by atoms with Crippen LogP contribution in [0.4, 0.5) is 11.4 Å². The second kappa shape index (κ2) is 5.23. The number of benzene rings is 2. The molecule has 18 heavy (non-hydrogen) atoms. The Balaban J connectivity index is 1.97. The molecule has 4 heteroatoms. The standard InChI is InChI=1S/C14H15N3O/c15-12-5-1-10(2-6-12)9-17-13-7-3-11(4-8-13)14(16)18/h1-8,17H,9,15H2,(H2,16,18). The summed E-state index contributed by atoms with van der Waals surface area (Å²) in [6.45, 7) is 0.705. The number of nitrogen functional groups attached to an aromatic ring is 1. The molecular formula is C14H15N3O. The molecule has 0 radical (unpaired) electrons. The van der Waals surface area contributed by atoms with Crippen molar-refractivity contribution in [2.24, 2.45) is 5.73 Å². The van der Waals surface area contributed by atoms with Gasteiger partial charge in [0.2, 0.25) is 5.91 Å². The minimum atomic E-state index is -0.417. The van der Waals surface area contributed by atoms with Crippen LogP contribution in [-0.4, -0.2) is 5.91 Å². The Kier molecular flexibility index (Phi) is 3.48. The van der Waals surface area contributed by atoms with Crippen molar-refractivity contribution in [3.05, 3.63) is 59.7 Å². The molecule has 0 spiro atoms. The van der Waals surface area contributed by atoms with Gasteiger partial charge in [0, 0.05) is 23.5 Å². The Labute approximate surface area is 106 Å². The molecular weight excluding hydrogens is 226 g/mol. The van der Waals surface area contributed by atoms with E-state index in [0.717, 1.165) is 16.9 Å². The van der Waals surface area contributed by atoms with E-state index < -0.39 is 5.91 Å². The fourth-order valence-electron chi connectivity index (χ4n) is 1.59. The molecule has 0 bridgehead atoms. The number of amides is 1. The number of nitrogens with one attached hydrogen (secondary N) is 1. The Morgan fingerprint density at radius 3 is 2.17 bits per heavy atom. The molecule has 5 N–H and O–H groups in total. The van der Waals surface area contributed by atoms with E-state index in [-0.39, 0.29) is 0 Å². The van der Waals surface area contributed by atoms with Crippen molar-refractivity contribution < 1.29 is 4.79 Å². The van der Waals surface area contributed by atoms with Gasteiger partial charge in [-0.05, 0) is 42.0 Å². The van der Waals surface area contributed by atoms with Gasteiger partial charge >= 0.3 is 0 Å². The van der Waals surface area contributed by atoms with Crippen LogP contribution in [0.2, 0.25) is 0 Å². The highest BCUT2D eigenvalue weighted by molar-refractivity contribution is 5.93. The van der Waals surface area contributed by atoms with Crippen LogP contribution in [0.3, 0.4) is 0 Å². The summed E-state index contributed by atoms with van der Waals surface area (Å²) in [5, 5.41) is 3.25. The van der Waals surface area contributed by atoms with Crippen LogP contribution >= 0.6 is 0 Å². The summed E-state index contributed by atoms with van der Waals surface area (Å²) in [6.07, 6.45) is 0. The van der Waals surface area contributed by atoms with Gasteiger partial charge < -0.3 is 16.8 Å². The van der Waals surface area contributed by atoms with Crippen molar-refractivity contribution in [1.29, 1.82) is 0 Å². The highest BCUT2D eigenvalue weighted by Crippen LogP contribution is 2.12. The minimum absolute atomic E-state index is 0.417. The van der Waals surface area contributed by atoms with Crippen LogP contribution in [0.25, 0.3) is 0 Å². The molecule has 4 nitrogen and oxygen atoms in total. The highest BCUT2D eigenvalue weighted by atomic mass is 16.1. The van der Waals surface area contributed by atoms with Crippen molar-refractivity contribution in [2.75, 3.05) is 11.1 Å². The Bertz CT molecular complexity index is 532. The number of hydrogen-bond donors (Lipinski definition) is 3. The van der Waals surface area contributed by atoms with E-state index in [1.165, 1.54) is 0 Å². The number of rotatable bonds is 4. The van der Waals surface area contributed by atoms with Crippen LogP contribution in [0.5, 0.6) is 0 Å². The fourth-order valence-corrected chi connectivity index (χ4v) is 1.59. The van der Waals surface area contributed by atoms with E-state index in [4.69, 9.17) is 11.5 Å². The Morgan fingerprint density at radius 2 is 1.61 bits per heavy atom. The molecule has 2 rings (SSSR count). The molecule has 0 aliphatic heterocycles. The maximum absolute atomic E-state index is 10.9. The van der Waals surface area contributed by atoms with Crippen molar-refractivity contribution in [3.63, 3.8) is 0 Å². The van der Waals surface area contributed by atoms with E-state index in [0.29, 0.717) is 12.1 Å². The summed E-state index contributed by atoms with van der Waals surface area (Å²) < 4.78 is 0. The molecule has 92 valence electrons. The molecule has 0 aliphatic carbocycles. The van der Waals surface area contributed by atoms with E-state index in [1.54, 1.807) is 12.1 Å². The molecule has 0 saturated heterocycles. The lowest BCUT2D eigenvalue weighted by Gasteiger charge is -2.07. The quantitative estimate of drug-likeness (QED) is 0.716. The zero-order valence-electron chi connectivity index (χ0n) is 9.89. The van der Waals surface area contributed by atoms with E-state index >= 15 is 0 Å². The van der Waals surface area contributed by atoms with Gasteiger partial charge in [0.1, 0.15) is 0 Å². The van der Waals surface area contributed by atoms with Gasteiger partial charge in [-0.1, -0.05) is 12.1 Å². The highest BCUT2D eigenvalue weighted by Gasteiger charge is 1.99.